The quantitative estimate of drug-likeness (QED) is 0.348. The van der Waals surface area contributed by atoms with E-state index in [0.717, 1.165) is 6.04 Å². The van der Waals surface area contributed by atoms with Crippen LogP contribution in [-0.2, 0) is 0 Å². The Balaban J connectivity index is 3.48. The van der Waals surface area contributed by atoms with Gasteiger partial charge in [0.1, 0.15) is 0 Å². The van der Waals surface area contributed by atoms with Gasteiger partial charge in [0, 0.05) is 6.04 Å². The molecule has 116 valence electrons. The normalized spacial score (nSPS) is 13.1. The van der Waals surface area contributed by atoms with Crippen molar-refractivity contribution in [3.63, 3.8) is 0 Å². The van der Waals surface area contributed by atoms with E-state index >= 15 is 0 Å². The van der Waals surface area contributed by atoms with Crippen molar-refractivity contribution in [3.8, 4) is 0 Å². The van der Waals surface area contributed by atoms with E-state index in [0.29, 0.717) is 0 Å². The Bertz CT molecular complexity index is 165. The minimum absolute atomic E-state index is 0.826. The van der Waals surface area contributed by atoms with Crippen molar-refractivity contribution >= 4 is 0 Å². The second-order valence-corrected chi connectivity index (χ2v) is 6.38. The molecule has 0 amide bonds. The first-order valence-corrected chi connectivity index (χ1v) is 8.88. The zero-order chi connectivity index (χ0) is 14.3. The number of hydrogen-bond donors (Lipinski definition) is 0. The van der Waals surface area contributed by atoms with Gasteiger partial charge in [-0.25, -0.2) is 0 Å². The van der Waals surface area contributed by atoms with E-state index in [1.54, 1.807) is 0 Å². The molecular weight excluding hydrogens is 230 g/mol. The predicted octanol–water partition coefficient (Wildman–Crippen LogP) is 6.03. The molecule has 0 aliphatic rings. The molecule has 0 aliphatic heterocycles. The van der Waals surface area contributed by atoms with Gasteiger partial charge in [-0.05, 0) is 26.9 Å². The third-order valence-electron chi connectivity index (χ3n) is 4.26. The first-order valence-electron chi connectivity index (χ1n) is 8.88. The van der Waals surface area contributed by atoms with Gasteiger partial charge in [-0.2, -0.15) is 0 Å². The van der Waals surface area contributed by atoms with Crippen molar-refractivity contribution < 1.29 is 0 Å². The fraction of sp³-hybridized carbons (Fsp3) is 1.00. The summed E-state index contributed by atoms with van der Waals surface area (Å²) in [5.74, 6) is 0. The van der Waals surface area contributed by atoms with Gasteiger partial charge in [0.2, 0.25) is 0 Å². The van der Waals surface area contributed by atoms with Crippen LogP contribution in [0.1, 0.15) is 97.3 Å². The van der Waals surface area contributed by atoms with Crippen LogP contribution in [0.4, 0.5) is 0 Å². The molecule has 0 rings (SSSR count). The molecule has 0 N–H and O–H groups in total. The average molecular weight is 270 g/mol. The van der Waals surface area contributed by atoms with Crippen molar-refractivity contribution in [1.29, 1.82) is 0 Å². The van der Waals surface area contributed by atoms with E-state index in [9.17, 15) is 0 Å². The predicted molar refractivity (Wildman–Crippen MR) is 88.8 cm³/mol. The minimum Gasteiger partial charge on any atom is -0.306 e. The molecule has 1 unspecified atom stereocenters. The third kappa shape index (κ3) is 12.7. The maximum Gasteiger partial charge on any atom is 0.00891 e. The van der Waals surface area contributed by atoms with Gasteiger partial charge in [-0.15, -0.1) is 0 Å². The molecule has 0 aromatic heterocycles. The zero-order valence-electron chi connectivity index (χ0n) is 14.2. The van der Waals surface area contributed by atoms with Crippen molar-refractivity contribution in [2.75, 3.05) is 14.1 Å². The van der Waals surface area contributed by atoms with Gasteiger partial charge in [-0.1, -0.05) is 84.5 Å². The second kappa shape index (κ2) is 14.4. The molecule has 0 aromatic carbocycles. The first-order chi connectivity index (χ1) is 9.22. The number of hydrogen-bond acceptors (Lipinski definition) is 1. The summed E-state index contributed by atoms with van der Waals surface area (Å²) in [5, 5.41) is 0. The lowest BCUT2D eigenvalue weighted by molar-refractivity contribution is 0.251. The summed E-state index contributed by atoms with van der Waals surface area (Å²) in [6.07, 6.45) is 18.5. The number of rotatable bonds is 14. The molecule has 0 aromatic rings. The Morgan fingerprint density at radius 3 is 1.37 bits per heavy atom. The highest BCUT2D eigenvalue weighted by atomic mass is 15.1. The lowest BCUT2D eigenvalue weighted by Crippen LogP contribution is -2.27. The van der Waals surface area contributed by atoms with Crippen LogP contribution < -0.4 is 0 Å². The van der Waals surface area contributed by atoms with Crippen LogP contribution >= 0.6 is 0 Å². The van der Waals surface area contributed by atoms with Gasteiger partial charge in [-0.3, -0.25) is 0 Å². The Hall–Kier alpha value is -0.0400. The highest BCUT2D eigenvalue weighted by Crippen LogP contribution is 2.16. The standard InChI is InChI=1S/C18H39N/c1-5-7-9-11-12-13-15-17-18(19(3)4)16-14-10-8-6-2/h18H,5-17H2,1-4H3. The molecule has 0 fully saturated rings. The van der Waals surface area contributed by atoms with E-state index < -0.39 is 0 Å². The highest BCUT2D eigenvalue weighted by Gasteiger charge is 2.10. The highest BCUT2D eigenvalue weighted by molar-refractivity contribution is 4.66. The molecular formula is C18H39N. The Morgan fingerprint density at radius 2 is 0.947 bits per heavy atom. The van der Waals surface area contributed by atoms with Crippen LogP contribution in [0.25, 0.3) is 0 Å². The molecule has 0 saturated carbocycles. The lowest BCUT2D eigenvalue weighted by atomic mass is 10.00. The summed E-state index contributed by atoms with van der Waals surface area (Å²) >= 11 is 0. The van der Waals surface area contributed by atoms with Crippen LogP contribution in [0.3, 0.4) is 0 Å². The molecule has 1 heteroatoms. The van der Waals surface area contributed by atoms with Crippen LogP contribution in [0.15, 0.2) is 0 Å². The molecule has 0 spiro atoms. The summed E-state index contributed by atoms with van der Waals surface area (Å²) in [7, 11) is 4.51. The number of nitrogens with zero attached hydrogens (tertiary/aromatic N) is 1. The first kappa shape index (κ1) is 19.0. The van der Waals surface area contributed by atoms with Gasteiger partial charge in [0.15, 0.2) is 0 Å². The summed E-state index contributed by atoms with van der Waals surface area (Å²) in [6.45, 7) is 4.59. The van der Waals surface area contributed by atoms with Crippen LogP contribution in [0.2, 0.25) is 0 Å². The van der Waals surface area contributed by atoms with Crippen LogP contribution in [-0.4, -0.2) is 25.0 Å². The summed E-state index contributed by atoms with van der Waals surface area (Å²) < 4.78 is 0. The van der Waals surface area contributed by atoms with Gasteiger partial charge >= 0.3 is 0 Å². The Kier molecular flexibility index (Phi) is 14.3. The maximum atomic E-state index is 2.45. The summed E-state index contributed by atoms with van der Waals surface area (Å²) in [4.78, 5) is 2.45. The van der Waals surface area contributed by atoms with Crippen LogP contribution in [0.5, 0.6) is 0 Å². The smallest absolute Gasteiger partial charge is 0.00891 e. The van der Waals surface area contributed by atoms with Gasteiger partial charge in [0.05, 0.1) is 0 Å². The largest absolute Gasteiger partial charge is 0.306 e. The third-order valence-corrected chi connectivity index (χ3v) is 4.26. The maximum absolute atomic E-state index is 2.45. The summed E-state index contributed by atoms with van der Waals surface area (Å²) in [6, 6.07) is 0.826. The Morgan fingerprint density at radius 1 is 0.579 bits per heavy atom. The fourth-order valence-electron chi connectivity index (χ4n) is 2.80. The van der Waals surface area contributed by atoms with Crippen molar-refractivity contribution in [3.05, 3.63) is 0 Å². The molecule has 1 atom stereocenters. The van der Waals surface area contributed by atoms with E-state index in [2.05, 4.69) is 32.8 Å². The lowest BCUT2D eigenvalue weighted by Gasteiger charge is -2.24. The van der Waals surface area contributed by atoms with E-state index in [1.807, 2.05) is 0 Å². The Labute approximate surface area is 123 Å². The molecule has 0 radical (unpaired) electrons. The number of unbranched alkanes of at least 4 members (excludes halogenated alkanes) is 9. The second-order valence-electron chi connectivity index (χ2n) is 6.38. The van der Waals surface area contributed by atoms with Crippen molar-refractivity contribution in [2.24, 2.45) is 0 Å². The summed E-state index contributed by atoms with van der Waals surface area (Å²) in [5.41, 5.74) is 0. The van der Waals surface area contributed by atoms with Gasteiger partial charge < -0.3 is 4.90 Å². The molecule has 0 saturated heterocycles. The molecule has 0 heterocycles. The van der Waals surface area contributed by atoms with E-state index in [4.69, 9.17) is 0 Å². The van der Waals surface area contributed by atoms with E-state index in [-0.39, 0.29) is 0 Å². The average Bonchev–Trinajstić information content (AvgIpc) is 2.39. The van der Waals surface area contributed by atoms with E-state index in [1.165, 1.54) is 83.5 Å². The topological polar surface area (TPSA) is 3.24 Å². The molecule has 19 heavy (non-hydrogen) atoms. The minimum atomic E-state index is 0.826. The van der Waals surface area contributed by atoms with Crippen molar-refractivity contribution in [2.45, 2.75) is 103 Å². The molecule has 0 bridgehead atoms. The monoisotopic (exact) mass is 269 g/mol. The molecule has 1 nitrogen and oxygen atoms in total. The zero-order valence-corrected chi connectivity index (χ0v) is 14.2. The van der Waals surface area contributed by atoms with Crippen molar-refractivity contribution in [1.82, 2.24) is 4.90 Å². The van der Waals surface area contributed by atoms with Crippen LogP contribution in [0, 0.1) is 0 Å². The fourth-order valence-corrected chi connectivity index (χ4v) is 2.80. The SMILES string of the molecule is CCCCCCCCCC(CCCCCC)N(C)C. The molecule has 0 aliphatic carbocycles. The van der Waals surface area contributed by atoms with Gasteiger partial charge in [0.25, 0.3) is 0 Å².